The van der Waals surface area contributed by atoms with Gasteiger partial charge in [-0.3, -0.25) is 0 Å². The van der Waals surface area contributed by atoms with Crippen LogP contribution in [-0.2, 0) is 6.42 Å². The monoisotopic (exact) mass is 270 g/mol. The van der Waals surface area contributed by atoms with E-state index >= 15 is 0 Å². The number of halogens is 3. The fourth-order valence-corrected chi connectivity index (χ4v) is 2.94. The summed E-state index contributed by atoms with van der Waals surface area (Å²) < 4.78 is 39.8. The zero-order valence-corrected chi connectivity index (χ0v) is 11.0. The summed E-state index contributed by atoms with van der Waals surface area (Å²) in [7, 11) is 0. The Morgan fingerprint density at radius 2 is 1.79 bits per heavy atom. The molecule has 0 saturated heterocycles. The molecular weight excluding hydrogens is 253 g/mol. The molecule has 0 heterocycles. The second-order valence-electron chi connectivity index (χ2n) is 4.86. The van der Waals surface area contributed by atoms with Crippen molar-refractivity contribution < 1.29 is 18.3 Å². The van der Waals surface area contributed by atoms with Gasteiger partial charge in [0.15, 0.2) is 5.60 Å². The molecule has 1 aliphatic rings. The molecule has 0 aliphatic heterocycles. The number of fused-ring (bicyclic) bond motifs is 1. The Morgan fingerprint density at radius 1 is 1.16 bits per heavy atom. The van der Waals surface area contributed by atoms with Crippen molar-refractivity contribution in [1.29, 1.82) is 0 Å². The first kappa shape index (κ1) is 14.1. The zero-order chi connectivity index (χ0) is 14.3. The lowest BCUT2D eigenvalue weighted by Gasteiger charge is -2.39. The first-order chi connectivity index (χ1) is 8.85. The molecule has 0 amide bonds. The number of rotatable bonds is 2. The van der Waals surface area contributed by atoms with Crippen LogP contribution in [0.5, 0.6) is 0 Å². The van der Waals surface area contributed by atoms with Crippen LogP contribution < -0.4 is 0 Å². The summed E-state index contributed by atoms with van der Waals surface area (Å²) in [6, 6.07) is 7.02. The number of hydrogen-bond donors (Lipinski definition) is 1. The van der Waals surface area contributed by atoms with E-state index in [1.54, 1.807) is 19.1 Å². The molecule has 0 fully saturated rings. The molecule has 1 atom stereocenters. The van der Waals surface area contributed by atoms with Crippen molar-refractivity contribution in [2.24, 2.45) is 0 Å². The third-order valence-electron chi connectivity index (χ3n) is 3.83. The van der Waals surface area contributed by atoms with E-state index in [-0.39, 0.29) is 18.4 Å². The first-order valence-electron chi connectivity index (χ1n) is 6.45. The number of hydrogen-bond acceptors (Lipinski definition) is 1. The van der Waals surface area contributed by atoms with Gasteiger partial charge in [-0.2, -0.15) is 13.2 Å². The SMILES string of the molecule is CCC1=C(CC)C(O)(C(F)(F)F)Cc2ccccc21. The van der Waals surface area contributed by atoms with Crippen LogP contribution in [-0.4, -0.2) is 16.9 Å². The topological polar surface area (TPSA) is 20.2 Å². The largest absolute Gasteiger partial charge is 0.421 e. The summed E-state index contributed by atoms with van der Waals surface area (Å²) in [5, 5.41) is 10.2. The van der Waals surface area contributed by atoms with Crippen LogP contribution in [0.4, 0.5) is 13.2 Å². The number of aliphatic hydroxyl groups is 1. The van der Waals surface area contributed by atoms with Crippen molar-refractivity contribution in [3.63, 3.8) is 0 Å². The van der Waals surface area contributed by atoms with Crippen molar-refractivity contribution in [3.8, 4) is 0 Å². The van der Waals surface area contributed by atoms with E-state index in [9.17, 15) is 18.3 Å². The molecule has 19 heavy (non-hydrogen) atoms. The number of alkyl halides is 3. The van der Waals surface area contributed by atoms with E-state index in [1.165, 1.54) is 0 Å². The van der Waals surface area contributed by atoms with E-state index in [0.717, 1.165) is 5.56 Å². The van der Waals surface area contributed by atoms with E-state index in [0.29, 0.717) is 17.6 Å². The Hall–Kier alpha value is -1.29. The normalized spacial score (nSPS) is 23.5. The third-order valence-corrected chi connectivity index (χ3v) is 3.83. The van der Waals surface area contributed by atoms with E-state index in [1.807, 2.05) is 19.1 Å². The molecule has 1 aromatic carbocycles. The maximum absolute atomic E-state index is 13.3. The number of benzene rings is 1. The molecule has 104 valence electrons. The minimum Gasteiger partial charge on any atom is -0.376 e. The van der Waals surface area contributed by atoms with Crippen LogP contribution in [0, 0.1) is 0 Å². The lowest BCUT2D eigenvalue weighted by Crippen LogP contribution is -2.50. The molecule has 1 N–H and O–H groups in total. The van der Waals surface area contributed by atoms with Crippen LogP contribution >= 0.6 is 0 Å². The summed E-state index contributed by atoms with van der Waals surface area (Å²) in [5.74, 6) is 0. The van der Waals surface area contributed by atoms with E-state index in [2.05, 4.69) is 0 Å². The minimum absolute atomic E-state index is 0.112. The molecule has 2 rings (SSSR count). The van der Waals surface area contributed by atoms with Crippen LogP contribution in [0.25, 0.3) is 5.57 Å². The maximum Gasteiger partial charge on any atom is 0.421 e. The fourth-order valence-electron chi connectivity index (χ4n) is 2.94. The van der Waals surface area contributed by atoms with Crippen molar-refractivity contribution >= 4 is 5.57 Å². The number of allylic oxidation sites excluding steroid dienone is 1. The molecule has 0 aromatic heterocycles. The fraction of sp³-hybridized carbons (Fsp3) is 0.467. The highest BCUT2D eigenvalue weighted by molar-refractivity contribution is 5.75. The summed E-state index contributed by atoms with van der Waals surface area (Å²) in [5.41, 5.74) is -0.570. The minimum atomic E-state index is -4.65. The Bertz CT molecular complexity index is 516. The van der Waals surface area contributed by atoms with Crippen molar-refractivity contribution in [2.75, 3.05) is 0 Å². The molecule has 1 aromatic rings. The van der Waals surface area contributed by atoms with Crippen molar-refractivity contribution in [1.82, 2.24) is 0 Å². The van der Waals surface area contributed by atoms with Gasteiger partial charge in [-0.05, 0) is 35.1 Å². The van der Waals surface area contributed by atoms with Crippen molar-refractivity contribution in [3.05, 3.63) is 41.0 Å². The molecule has 4 heteroatoms. The van der Waals surface area contributed by atoms with Gasteiger partial charge in [-0.25, -0.2) is 0 Å². The maximum atomic E-state index is 13.3. The van der Waals surface area contributed by atoms with E-state index in [4.69, 9.17) is 0 Å². The molecule has 0 spiro atoms. The van der Waals surface area contributed by atoms with Gasteiger partial charge < -0.3 is 5.11 Å². The summed E-state index contributed by atoms with van der Waals surface area (Å²) in [4.78, 5) is 0. The molecule has 0 radical (unpaired) electrons. The van der Waals surface area contributed by atoms with Gasteiger partial charge in [0.1, 0.15) is 0 Å². The Morgan fingerprint density at radius 3 is 2.32 bits per heavy atom. The van der Waals surface area contributed by atoms with Gasteiger partial charge in [0.2, 0.25) is 0 Å². The highest BCUT2D eigenvalue weighted by atomic mass is 19.4. The van der Waals surface area contributed by atoms with Crippen molar-refractivity contribution in [2.45, 2.75) is 44.9 Å². The van der Waals surface area contributed by atoms with Gasteiger partial charge in [0.25, 0.3) is 0 Å². The smallest absolute Gasteiger partial charge is 0.376 e. The Balaban J connectivity index is 2.71. The lowest BCUT2D eigenvalue weighted by atomic mass is 9.73. The van der Waals surface area contributed by atoms with E-state index < -0.39 is 11.8 Å². The summed E-state index contributed by atoms with van der Waals surface area (Å²) in [6.45, 7) is 3.49. The third kappa shape index (κ3) is 2.08. The zero-order valence-electron chi connectivity index (χ0n) is 11.0. The molecule has 0 saturated carbocycles. The lowest BCUT2D eigenvalue weighted by molar-refractivity contribution is -0.244. The highest BCUT2D eigenvalue weighted by Gasteiger charge is 2.57. The highest BCUT2D eigenvalue weighted by Crippen LogP contribution is 2.47. The second-order valence-corrected chi connectivity index (χ2v) is 4.86. The van der Waals surface area contributed by atoms with Gasteiger partial charge in [-0.1, -0.05) is 38.1 Å². The predicted molar refractivity (Wildman–Crippen MR) is 68.7 cm³/mol. The van der Waals surface area contributed by atoms with Gasteiger partial charge >= 0.3 is 6.18 Å². The Labute approximate surface area is 110 Å². The van der Waals surface area contributed by atoms with Gasteiger partial charge in [0, 0.05) is 6.42 Å². The molecule has 1 unspecified atom stereocenters. The molecular formula is C15H17F3O. The summed E-state index contributed by atoms with van der Waals surface area (Å²) >= 11 is 0. The van der Waals surface area contributed by atoms with Crippen LogP contribution in [0.2, 0.25) is 0 Å². The van der Waals surface area contributed by atoms with Crippen LogP contribution in [0.15, 0.2) is 29.8 Å². The quantitative estimate of drug-likeness (QED) is 0.857. The van der Waals surface area contributed by atoms with Gasteiger partial charge in [-0.15, -0.1) is 0 Å². The average molecular weight is 270 g/mol. The Kier molecular flexibility index (Phi) is 3.47. The van der Waals surface area contributed by atoms with Crippen LogP contribution in [0.1, 0.15) is 37.8 Å². The second kappa shape index (κ2) is 4.67. The molecule has 1 nitrogen and oxygen atoms in total. The predicted octanol–water partition coefficient (Wildman–Crippen LogP) is 4.11. The molecule has 0 bridgehead atoms. The first-order valence-corrected chi connectivity index (χ1v) is 6.45. The molecule has 1 aliphatic carbocycles. The summed E-state index contributed by atoms with van der Waals surface area (Å²) in [6.07, 6.45) is -4.35. The average Bonchev–Trinajstić information content (AvgIpc) is 2.35. The standard InChI is InChI=1S/C15H17F3O/c1-3-11-12-8-6-5-7-10(12)9-14(19,13(11)4-2)15(16,17)18/h5-8,19H,3-4,9H2,1-2H3. The van der Waals surface area contributed by atoms with Gasteiger partial charge in [0.05, 0.1) is 0 Å². The van der Waals surface area contributed by atoms with Crippen LogP contribution in [0.3, 0.4) is 0 Å².